The first kappa shape index (κ1) is 15.5. The minimum atomic E-state index is -0.886. The van der Waals surface area contributed by atoms with Crippen molar-refractivity contribution in [3.8, 4) is 0 Å². The number of halogens is 2. The lowest BCUT2D eigenvalue weighted by Crippen LogP contribution is -2.30. The van der Waals surface area contributed by atoms with E-state index in [0.717, 1.165) is 8.95 Å². The third-order valence-electron chi connectivity index (χ3n) is 3.64. The van der Waals surface area contributed by atoms with Gasteiger partial charge in [-0.25, -0.2) is 0 Å². The lowest BCUT2D eigenvalue weighted by Gasteiger charge is -2.16. The maximum absolute atomic E-state index is 12.3. The lowest BCUT2D eigenvalue weighted by molar-refractivity contribution is -0.145. The molecule has 20 heavy (non-hydrogen) atoms. The number of aliphatic carboxylic acids is 1. The molecule has 1 aliphatic carbocycles. The summed E-state index contributed by atoms with van der Waals surface area (Å²) in [6, 6.07) is 5.47. The predicted molar refractivity (Wildman–Crippen MR) is 83.5 cm³/mol. The van der Waals surface area contributed by atoms with Crippen molar-refractivity contribution in [1.82, 2.24) is 0 Å². The molecule has 1 aliphatic rings. The summed E-state index contributed by atoms with van der Waals surface area (Å²) in [4.78, 5) is 23.6. The van der Waals surface area contributed by atoms with E-state index in [4.69, 9.17) is 0 Å². The Balaban J connectivity index is 2.15. The molecule has 0 bridgehead atoms. The first-order chi connectivity index (χ1) is 9.38. The molecule has 0 aliphatic heterocycles. The van der Waals surface area contributed by atoms with E-state index in [2.05, 4.69) is 37.2 Å². The van der Waals surface area contributed by atoms with Gasteiger partial charge < -0.3 is 10.4 Å². The largest absolute Gasteiger partial charge is 0.481 e. The Kier molecular flexibility index (Phi) is 4.86. The molecule has 0 heterocycles. The number of hydrogen-bond acceptors (Lipinski definition) is 2. The fraction of sp³-hybridized carbons (Fsp3) is 0.429. The first-order valence-electron chi connectivity index (χ1n) is 6.37. The highest BCUT2D eigenvalue weighted by atomic mass is 79.9. The topological polar surface area (TPSA) is 66.4 Å². The molecule has 0 saturated heterocycles. The molecular formula is C14H15Br2NO3. The van der Waals surface area contributed by atoms with Gasteiger partial charge in [0.15, 0.2) is 0 Å². The Labute approximate surface area is 134 Å². The second-order valence-corrected chi connectivity index (χ2v) is 7.01. The average Bonchev–Trinajstić information content (AvgIpc) is 2.76. The Morgan fingerprint density at radius 2 is 1.90 bits per heavy atom. The van der Waals surface area contributed by atoms with Crippen molar-refractivity contribution >= 4 is 49.4 Å². The molecule has 0 aromatic heterocycles. The molecule has 1 aromatic rings. The molecule has 3 atom stereocenters. The molecule has 0 spiro atoms. The van der Waals surface area contributed by atoms with Gasteiger partial charge in [-0.1, -0.05) is 22.9 Å². The number of carbonyl (C=O) groups is 2. The second-order valence-electron chi connectivity index (χ2n) is 5.24. The summed E-state index contributed by atoms with van der Waals surface area (Å²) in [5, 5.41) is 12.0. The zero-order chi connectivity index (χ0) is 14.9. The third-order valence-corrected chi connectivity index (χ3v) is 4.82. The predicted octanol–water partition coefficient (Wildman–Crippen LogP) is 3.90. The smallest absolute Gasteiger partial charge is 0.307 e. The summed E-state index contributed by atoms with van der Waals surface area (Å²) < 4.78 is 1.62. The van der Waals surface area contributed by atoms with Crippen LogP contribution in [0, 0.1) is 17.8 Å². The van der Waals surface area contributed by atoms with Crippen molar-refractivity contribution < 1.29 is 14.7 Å². The third kappa shape index (κ3) is 3.41. The number of carboxylic acid groups (broad SMARTS) is 1. The summed E-state index contributed by atoms with van der Waals surface area (Å²) in [6.07, 6.45) is 1.18. The molecule has 1 amide bonds. The van der Waals surface area contributed by atoms with Crippen molar-refractivity contribution in [3.63, 3.8) is 0 Å². The van der Waals surface area contributed by atoms with Crippen molar-refractivity contribution in [2.45, 2.75) is 19.8 Å². The molecule has 2 N–H and O–H groups in total. The quantitative estimate of drug-likeness (QED) is 0.802. The van der Waals surface area contributed by atoms with E-state index in [9.17, 15) is 14.7 Å². The average molecular weight is 405 g/mol. The van der Waals surface area contributed by atoms with Gasteiger partial charge in [0, 0.05) is 8.95 Å². The molecule has 1 fully saturated rings. The van der Waals surface area contributed by atoms with Crippen LogP contribution in [0.2, 0.25) is 0 Å². The maximum Gasteiger partial charge on any atom is 0.307 e. The van der Waals surface area contributed by atoms with Gasteiger partial charge in [-0.2, -0.15) is 0 Å². The van der Waals surface area contributed by atoms with Crippen LogP contribution >= 0.6 is 31.9 Å². The van der Waals surface area contributed by atoms with Gasteiger partial charge in [-0.05, 0) is 52.9 Å². The fourth-order valence-corrected chi connectivity index (χ4v) is 3.38. The number of anilines is 1. The zero-order valence-electron chi connectivity index (χ0n) is 10.9. The minimum Gasteiger partial charge on any atom is -0.481 e. The molecule has 4 nitrogen and oxygen atoms in total. The molecule has 2 rings (SSSR count). The Morgan fingerprint density at radius 3 is 2.55 bits per heavy atom. The Hall–Kier alpha value is -0.880. The number of amides is 1. The summed E-state index contributed by atoms with van der Waals surface area (Å²) >= 11 is 6.72. The van der Waals surface area contributed by atoms with E-state index in [1.54, 1.807) is 6.07 Å². The summed E-state index contributed by atoms with van der Waals surface area (Å²) in [7, 11) is 0. The molecule has 108 valence electrons. The lowest BCUT2D eigenvalue weighted by atomic mass is 9.95. The second kappa shape index (κ2) is 6.26. The van der Waals surface area contributed by atoms with Gasteiger partial charge in [-0.3, -0.25) is 9.59 Å². The molecule has 0 radical (unpaired) electrons. The number of nitrogens with one attached hydrogen (secondary N) is 1. The first-order valence-corrected chi connectivity index (χ1v) is 7.95. The number of carbonyl (C=O) groups excluding carboxylic acids is 1. The van der Waals surface area contributed by atoms with E-state index in [1.165, 1.54) is 0 Å². The number of carboxylic acids is 1. The van der Waals surface area contributed by atoms with E-state index in [-0.39, 0.29) is 11.8 Å². The van der Waals surface area contributed by atoms with E-state index in [0.29, 0.717) is 18.5 Å². The van der Waals surface area contributed by atoms with Gasteiger partial charge in [0.25, 0.3) is 0 Å². The van der Waals surface area contributed by atoms with Crippen molar-refractivity contribution in [3.05, 3.63) is 27.1 Å². The molecule has 1 aromatic carbocycles. The van der Waals surface area contributed by atoms with Gasteiger partial charge >= 0.3 is 5.97 Å². The van der Waals surface area contributed by atoms with Crippen molar-refractivity contribution in [2.24, 2.45) is 17.8 Å². The SMILES string of the molecule is CC1CC(C(=O)O)C(C(=O)Nc2cc(Br)ccc2Br)C1. The standard InChI is InChI=1S/C14H15Br2NO3/c1-7-4-9(10(5-7)14(19)20)13(18)17-12-6-8(15)2-3-11(12)16/h2-3,6-7,9-10H,4-5H2,1H3,(H,17,18)(H,19,20). The van der Waals surface area contributed by atoms with Crippen LogP contribution in [-0.2, 0) is 9.59 Å². The van der Waals surface area contributed by atoms with Crippen LogP contribution in [-0.4, -0.2) is 17.0 Å². The van der Waals surface area contributed by atoms with Crippen LogP contribution in [0.15, 0.2) is 27.1 Å². The van der Waals surface area contributed by atoms with Gasteiger partial charge in [-0.15, -0.1) is 0 Å². The molecule has 3 unspecified atom stereocenters. The van der Waals surface area contributed by atoms with Crippen LogP contribution in [0.4, 0.5) is 5.69 Å². The van der Waals surface area contributed by atoms with E-state index in [1.807, 2.05) is 19.1 Å². The highest BCUT2D eigenvalue weighted by Crippen LogP contribution is 2.37. The normalized spacial score (nSPS) is 25.4. The van der Waals surface area contributed by atoms with Gasteiger partial charge in [0.2, 0.25) is 5.91 Å². The maximum atomic E-state index is 12.3. The fourth-order valence-electron chi connectivity index (χ4n) is 2.67. The van der Waals surface area contributed by atoms with Gasteiger partial charge in [0.05, 0.1) is 17.5 Å². The Bertz CT molecular complexity index is 547. The van der Waals surface area contributed by atoms with E-state index < -0.39 is 17.8 Å². The Morgan fingerprint density at radius 1 is 1.25 bits per heavy atom. The monoisotopic (exact) mass is 403 g/mol. The van der Waals surface area contributed by atoms with E-state index >= 15 is 0 Å². The van der Waals surface area contributed by atoms with Crippen LogP contribution in [0.5, 0.6) is 0 Å². The zero-order valence-corrected chi connectivity index (χ0v) is 14.1. The van der Waals surface area contributed by atoms with Crippen molar-refractivity contribution in [1.29, 1.82) is 0 Å². The number of benzene rings is 1. The molecule has 6 heteroatoms. The molecular weight excluding hydrogens is 390 g/mol. The van der Waals surface area contributed by atoms with Crippen LogP contribution in [0.25, 0.3) is 0 Å². The minimum absolute atomic E-state index is 0.222. The van der Waals surface area contributed by atoms with Crippen LogP contribution in [0.3, 0.4) is 0 Å². The van der Waals surface area contributed by atoms with Crippen molar-refractivity contribution in [2.75, 3.05) is 5.32 Å². The summed E-state index contributed by atoms with van der Waals surface area (Å²) in [5.41, 5.74) is 0.646. The number of rotatable bonds is 3. The highest BCUT2D eigenvalue weighted by Gasteiger charge is 2.41. The highest BCUT2D eigenvalue weighted by molar-refractivity contribution is 9.11. The van der Waals surface area contributed by atoms with Crippen LogP contribution in [0.1, 0.15) is 19.8 Å². The summed E-state index contributed by atoms with van der Waals surface area (Å²) in [5.74, 6) is -1.90. The van der Waals surface area contributed by atoms with Gasteiger partial charge in [0.1, 0.15) is 0 Å². The number of hydrogen-bond donors (Lipinski definition) is 2. The van der Waals surface area contributed by atoms with Crippen LogP contribution < -0.4 is 5.32 Å². The summed E-state index contributed by atoms with van der Waals surface area (Å²) in [6.45, 7) is 1.98. The molecule has 1 saturated carbocycles.